The van der Waals surface area contributed by atoms with Crippen molar-refractivity contribution in [3.05, 3.63) is 10.6 Å². The molecule has 106 valence electrons. The molecule has 1 aliphatic carbocycles. The van der Waals surface area contributed by atoms with Crippen LogP contribution in [0.2, 0.25) is 0 Å². The molecule has 1 aromatic rings. The van der Waals surface area contributed by atoms with Crippen LogP contribution in [0.25, 0.3) is 0 Å². The summed E-state index contributed by atoms with van der Waals surface area (Å²) in [4.78, 5) is 8.69. The SMILES string of the molecule is CC(C)(C)C1CCN(c2nc3c(s2)C(N)CCC3)C1. The number of fused-ring (bicyclic) bond motifs is 1. The average molecular weight is 279 g/mol. The molecule has 4 heteroatoms. The van der Waals surface area contributed by atoms with Gasteiger partial charge in [-0.3, -0.25) is 0 Å². The monoisotopic (exact) mass is 279 g/mol. The van der Waals surface area contributed by atoms with Gasteiger partial charge >= 0.3 is 0 Å². The quantitative estimate of drug-likeness (QED) is 0.857. The maximum atomic E-state index is 6.21. The second kappa shape index (κ2) is 4.74. The lowest BCUT2D eigenvalue weighted by Gasteiger charge is -2.26. The van der Waals surface area contributed by atoms with Crippen molar-refractivity contribution in [2.45, 2.75) is 52.5 Å². The van der Waals surface area contributed by atoms with Crippen LogP contribution in [0.5, 0.6) is 0 Å². The molecule has 3 rings (SSSR count). The highest BCUT2D eigenvalue weighted by molar-refractivity contribution is 7.15. The van der Waals surface area contributed by atoms with Crippen molar-refractivity contribution >= 4 is 16.5 Å². The Hall–Kier alpha value is -0.610. The number of anilines is 1. The van der Waals surface area contributed by atoms with Crippen LogP contribution in [0, 0.1) is 11.3 Å². The van der Waals surface area contributed by atoms with Crippen molar-refractivity contribution in [3.63, 3.8) is 0 Å². The first-order chi connectivity index (χ1) is 8.95. The molecule has 1 saturated heterocycles. The second-order valence-corrected chi connectivity index (χ2v) is 8.11. The van der Waals surface area contributed by atoms with Gasteiger partial charge in [0.05, 0.1) is 5.69 Å². The lowest BCUT2D eigenvalue weighted by Crippen LogP contribution is -2.25. The third-order valence-corrected chi connectivity index (χ3v) is 5.96. The van der Waals surface area contributed by atoms with Gasteiger partial charge in [-0.15, -0.1) is 0 Å². The van der Waals surface area contributed by atoms with Crippen molar-refractivity contribution in [2.75, 3.05) is 18.0 Å². The van der Waals surface area contributed by atoms with E-state index in [1.165, 1.54) is 28.5 Å². The third-order valence-electron chi connectivity index (χ3n) is 4.67. The Kier molecular flexibility index (Phi) is 3.34. The molecule has 3 nitrogen and oxygen atoms in total. The maximum absolute atomic E-state index is 6.21. The zero-order valence-corrected chi connectivity index (χ0v) is 13.1. The molecule has 19 heavy (non-hydrogen) atoms. The minimum Gasteiger partial charge on any atom is -0.348 e. The number of nitrogens with zero attached hydrogens (tertiary/aromatic N) is 2. The minimum atomic E-state index is 0.232. The number of rotatable bonds is 1. The largest absolute Gasteiger partial charge is 0.348 e. The second-order valence-electron chi connectivity index (χ2n) is 7.10. The molecular formula is C15H25N3S. The van der Waals surface area contributed by atoms with Gasteiger partial charge in [0, 0.05) is 24.0 Å². The van der Waals surface area contributed by atoms with Crippen LogP contribution in [0.4, 0.5) is 5.13 Å². The zero-order valence-electron chi connectivity index (χ0n) is 12.3. The van der Waals surface area contributed by atoms with E-state index in [1.54, 1.807) is 0 Å². The van der Waals surface area contributed by atoms with Gasteiger partial charge in [-0.25, -0.2) is 4.98 Å². The molecule has 2 heterocycles. The summed E-state index contributed by atoms with van der Waals surface area (Å²) >= 11 is 1.84. The number of aryl methyl sites for hydroxylation is 1. The first kappa shape index (κ1) is 13.4. The van der Waals surface area contributed by atoms with Crippen molar-refractivity contribution in [1.82, 2.24) is 4.98 Å². The summed E-state index contributed by atoms with van der Waals surface area (Å²) < 4.78 is 0. The summed E-state index contributed by atoms with van der Waals surface area (Å²) in [6, 6.07) is 0.232. The third kappa shape index (κ3) is 2.52. The summed E-state index contributed by atoms with van der Waals surface area (Å²) in [5, 5.41) is 1.22. The van der Waals surface area contributed by atoms with Gasteiger partial charge in [-0.1, -0.05) is 32.1 Å². The van der Waals surface area contributed by atoms with Crippen LogP contribution >= 0.6 is 11.3 Å². The van der Waals surface area contributed by atoms with E-state index < -0.39 is 0 Å². The van der Waals surface area contributed by atoms with Crippen molar-refractivity contribution in [2.24, 2.45) is 17.1 Å². The van der Waals surface area contributed by atoms with E-state index in [4.69, 9.17) is 10.7 Å². The molecule has 1 aromatic heterocycles. The molecule has 1 aliphatic heterocycles. The van der Waals surface area contributed by atoms with Gasteiger partial charge in [0.1, 0.15) is 0 Å². The number of hydrogen-bond donors (Lipinski definition) is 1. The molecular weight excluding hydrogens is 254 g/mol. The first-order valence-electron chi connectivity index (χ1n) is 7.45. The van der Waals surface area contributed by atoms with E-state index in [0.29, 0.717) is 5.41 Å². The molecule has 2 aliphatic rings. The van der Waals surface area contributed by atoms with Crippen molar-refractivity contribution in [1.29, 1.82) is 0 Å². The van der Waals surface area contributed by atoms with Gasteiger partial charge in [0.15, 0.2) is 5.13 Å². The molecule has 0 bridgehead atoms. The van der Waals surface area contributed by atoms with E-state index >= 15 is 0 Å². The van der Waals surface area contributed by atoms with E-state index in [-0.39, 0.29) is 6.04 Å². The molecule has 0 amide bonds. The molecule has 2 N–H and O–H groups in total. The molecule has 0 spiro atoms. The Bertz CT molecular complexity index is 460. The number of aromatic nitrogens is 1. The van der Waals surface area contributed by atoms with E-state index in [2.05, 4.69) is 25.7 Å². The topological polar surface area (TPSA) is 42.2 Å². The lowest BCUT2D eigenvalue weighted by molar-refractivity contribution is 0.263. The summed E-state index contributed by atoms with van der Waals surface area (Å²) in [7, 11) is 0. The molecule has 0 saturated carbocycles. The fourth-order valence-electron chi connectivity index (χ4n) is 3.22. The van der Waals surface area contributed by atoms with Crippen LogP contribution in [0.3, 0.4) is 0 Å². The first-order valence-corrected chi connectivity index (χ1v) is 8.27. The van der Waals surface area contributed by atoms with Crippen LogP contribution in [-0.4, -0.2) is 18.1 Å². The molecule has 2 unspecified atom stereocenters. The Morgan fingerprint density at radius 2 is 2.11 bits per heavy atom. The number of thiazole rings is 1. The van der Waals surface area contributed by atoms with E-state index in [0.717, 1.165) is 31.8 Å². The highest BCUT2D eigenvalue weighted by Crippen LogP contribution is 2.40. The highest BCUT2D eigenvalue weighted by Gasteiger charge is 2.33. The van der Waals surface area contributed by atoms with Gasteiger partial charge < -0.3 is 10.6 Å². The fraction of sp³-hybridized carbons (Fsp3) is 0.800. The zero-order chi connectivity index (χ0) is 13.6. The summed E-state index contributed by atoms with van der Waals surface area (Å²) in [5.74, 6) is 0.780. The van der Waals surface area contributed by atoms with Crippen molar-refractivity contribution in [3.8, 4) is 0 Å². The fourth-order valence-corrected chi connectivity index (χ4v) is 4.40. The van der Waals surface area contributed by atoms with Crippen LogP contribution in [0.1, 0.15) is 56.6 Å². The lowest BCUT2D eigenvalue weighted by atomic mass is 9.80. The van der Waals surface area contributed by atoms with Gasteiger partial charge in [-0.2, -0.15) is 0 Å². The normalized spacial score (nSPS) is 27.7. The van der Waals surface area contributed by atoms with Gasteiger partial charge in [-0.05, 0) is 37.0 Å². The number of nitrogens with two attached hydrogens (primary N) is 1. The van der Waals surface area contributed by atoms with Gasteiger partial charge in [0.25, 0.3) is 0 Å². The Balaban J connectivity index is 1.78. The summed E-state index contributed by atoms with van der Waals surface area (Å²) in [5.41, 5.74) is 7.89. The highest BCUT2D eigenvalue weighted by atomic mass is 32.1. The van der Waals surface area contributed by atoms with Crippen LogP contribution in [-0.2, 0) is 6.42 Å². The molecule has 2 atom stereocenters. The standard InChI is InChI=1S/C15H25N3S/c1-15(2,3)10-7-8-18(9-10)14-17-12-6-4-5-11(16)13(12)19-14/h10-11H,4-9,16H2,1-3H3. The predicted octanol–water partition coefficient (Wildman–Crippen LogP) is 3.35. The smallest absolute Gasteiger partial charge is 0.185 e. The minimum absolute atomic E-state index is 0.232. The van der Waals surface area contributed by atoms with Crippen molar-refractivity contribution < 1.29 is 0 Å². The number of hydrogen-bond acceptors (Lipinski definition) is 4. The van der Waals surface area contributed by atoms with Crippen LogP contribution in [0.15, 0.2) is 0 Å². The molecule has 0 radical (unpaired) electrons. The Morgan fingerprint density at radius 1 is 1.32 bits per heavy atom. The molecule has 0 aromatic carbocycles. The Labute approximate surface area is 120 Å². The Morgan fingerprint density at radius 3 is 2.74 bits per heavy atom. The van der Waals surface area contributed by atoms with E-state index in [1.807, 2.05) is 11.3 Å². The van der Waals surface area contributed by atoms with E-state index in [9.17, 15) is 0 Å². The van der Waals surface area contributed by atoms with Crippen LogP contribution < -0.4 is 10.6 Å². The maximum Gasteiger partial charge on any atom is 0.185 e. The molecule has 1 fully saturated rings. The summed E-state index contributed by atoms with van der Waals surface area (Å²) in [6.45, 7) is 9.37. The average Bonchev–Trinajstić information content (AvgIpc) is 2.94. The summed E-state index contributed by atoms with van der Waals surface area (Å²) in [6.07, 6.45) is 4.73. The van der Waals surface area contributed by atoms with Gasteiger partial charge in [0.2, 0.25) is 0 Å². The predicted molar refractivity (Wildman–Crippen MR) is 81.8 cm³/mol.